The SMILES string of the molecule is O=C(c1cc2cc(Br)cc(Br)c2oc1=O)N1CCN(S(=O)(=O)c2ccccc2)CC1. The lowest BCUT2D eigenvalue weighted by atomic mass is 10.1. The molecule has 1 amide bonds. The smallest absolute Gasteiger partial charge is 0.349 e. The number of fused-ring (bicyclic) bond motifs is 1. The molecule has 4 rings (SSSR count). The summed E-state index contributed by atoms with van der Waals surface area (Å²) >= 11 is 6.72. The van der Waals surface area contributed by atoms with Gasteiger partial charge in [-0.25, -0.2) is 13.2 Å². The van der Waals surface area contributed by atoms with E-state index in [9.17, 15) is 18.0 Å². The van der Waals surface area contributed by atoms with Crippen LogP contribution in [-0.2, 0) is 10.0 Å². The molecule has 1 saturated heterocycles. The van der Waals surface area contributed by atoms with E-state index >= 15 is 0 Å². The molecule has 0 aliphatic carbocycles. The van der Waals surface area contributed by atoms with E-state index in [4.69, 9.17) is 4.42 Å². The molecule has 3 aromatic rings. The molecule has 0 atom stereocenters. The highest BCUT2D eigenvalue weighted by molar-refractivity contribution is 9.11. The van der Waals surface area contributed by atoms with Gasteiger partial charge in [0, 0.05) is 36.0 Å². The molecule has 30 heavy (non-hydrogen) atoms. The van der Waals surface area contributed by atoms with E-state index in [-0.39, 0.29) is 36.6 Å². The van der Waals surface area contributed by atoms with Gasteiger partial charge in [0.05, 0.1) is 9.37 Å². The molecule has 2 heterocycles. The zero-order chi connectivity index (χ0) is 21.5. The van der Waals surface area contributed by atoms with E-state index in [0.717, 1.165) is 4.47 Å². The van der Waals surface area contributed by atoms with E-state index in [2.05, 4.69) is 31.9 Å². The maximum absolute atomic E-state index is 12.9. The van der Waals surface area contributed by atoms with Crippen LogP contribution >= 0.6 is 31.9 Å². The molecule has 0 radical (unpaired) electrons. The Bertz CT molecular complexity index is 1280. The number of halogens is 2. The predicted octanol–water partition coefficient (Wildman–Crippen LogP) is 3.46. The van der Waals surface area contributed by atoms with Crippen molar-refractivity contribution < 1.29 is 17.6 Å². The summed E-state index contributed by atoms with van der Waals surface area (Å²) in [6, 6.07) is 13.2. The fraction of sp³-hybridized carbons (Fsp3) is 0.200. The average molecular weight is 556 g/mol. The Morgan fingerprint density at radius 2 is 1.63 bits per heavy atom. The van der Waals surface area contributed by atoms with Crippen LogP contribution in [0, 0.1) is 0 Å². The standard InChI is InChI=1S/C20H16Br2N2O5S/c21-14-10-13-11-16(20(26)29-18(13)17(22)12-14)19(25)23-6-8-24(9-7-23)30(27,28)15-4-2-1-3-5-15/h1-5,10-12H,6-9H2. The molecular weight excluding hydrogens is 540 g/mol. The molecule has 1 aromatic heterocycles. The number of carbonyl (C=O) groups is 1. The lowest BCUT2D eigenvalue weighted by Crippen LogP contribution is -2.51. The third kappa shape index (κ3) is 3.96. The van der Waals surface area contributed by atoms with E-state index in [0.29, 0.717) is 15.4 Å². The zero-order valence-electron chi connectivity index (χ0n) is 15.5. The van der Waals surface area contributed by atoms with Gasteiger partial charge >= 0.3 is 5.63 Å². The van der Waals surface area contributed by atoms with Gasteiger partial charge in [-0.15, -0.1) is 0 Å². The highest BCUT2D eigenvalue weighted by Gasteiger charge is 2.31. The number of rotatable bonds is 3. The average Bonchev–Trinajstić information content (AvgIpc) is 2.74. The fourth-order valence-electron chi connectivity index (χ4n) is 3.35. The third-order valence-electron chi connectivity index (χ3n) is 4.89. The fourth-order valence-corrected chi connectivity index (χ4v) is 6.13. The Morgan fingerprint density at radius 3 is 2.30 bits per heavy atom. The molecule has 0 saturated carbocycles. The predicted molar refractivity (Wildman–Crippen MR) is 119 cm³/mol. The minimum absolute atomic E-state index is 0.0770. The Labute approximate surface area is 189 Å². The van der Waals surface area contributed by atoms with Crippen molar-refractivity contribution in [3.05, 3.63) is 73.5 Å². The summed E-state index contributed by atoms with van der Waals surface area (Å²) in [5.41, 5.74) is -0.444. The van der Waals surface area contributed by atoms with Crippen molar-refractivity contribution in [2.45, 2.75) is 4.90 Å². The topological polar surface area (TPSA) is 87.9 Å². The number of benzene rings is 2. The number of hydrogen-bond donors (Lipinski definition) is 0. The normalized spacial score (nSPS) is 15.5. The second kappa shape index (κ2) is 8.26. The van der Waals surface area contributed by atoms with Crippen molar-refractivity contribution in [3.63, 3.8) is 0 Å². The van der Waals surface area contributed by atoms with Gasteiger partial charge in [-0.2, -0.15) is 4.31 Å². The Morgan fingerprint density at radius 1 is 0.967 bits per heavy atom. The van der Waals surface area contributed by atoms with Crippen LogP contribution in [0.25, 0.3) is 11.0 Å². The molecule has 0 spiro atoms. The highest BCUT2D eigenvalue weighted by Crippen LogP contribution is 2.28. The molecule has 1 aliphatic rings. The lowest BCUT2D eigenvalue weighted by Gasteiger charge is -2.33. The number of nitrogens with zero attached hydrogens (tertiary/aromatic N) is 2. The van der Waals surface area contributed by atoms with Gasteiger partial charge in [0.25, 0.3) is 5.91 Å². The Kier molecular flexibility index (Phi) is 5.84. The van der Waals surface area contributed by atoms with Crippen molar-refractivity contribution >= 4 is 58.8 Å². The first-order valence-corrected chi connectivity index (χ1v) is 12.1. The van der Waals surface area contributed by atoms with E-state index in [1.807, 2.05) is 0 Å². The summed E-state index contributed by atoms with van der Waals surface area (Å²) in [5.74, 6) is -0.474. The third-order valence-corrected chi connectivity index (χ3v) is 7.85. The number of hydrogen-bond acceptors (Lipinski definition) is 5. The second-order valence-corrected chi connectivity index (χ2v) is 10.5. The lowest BCUT2D eigenvalue weighted by molar-refractivity contribution is 0.0694. The molecule has 1 fully saturated rings. The van der Waals surface area contributed by atoms with Crippen molar-refractivity contribution in [1.29, 1.82) is 0 Å². The summed E-state index contributed by atoms with van der Waals surface area (Å²) in [5, 5.41) is 0.601. The van der Waals surface area contributed by atoms with Crippen molar-refractivity contribution in [2.75, 3.05) is 26.2 Å². The molecule has 0 unspecified atom stereocenters. The van der Waals surface area contributed by atoms with Crippen LogP contribution in [0.3, 0.4) is 0 Å². The Hall–Kier alpha value is -2.01. The van der Waals surface area contributed by atoms with Crippen LogP contribution in [0.1, 0.15) is 10.4 Å². The molecule has 2 aromatic carbocycles. The van der Waals surface area contributed by atoms with Gasteiger partial charge in [0.15, 0.2) is 5.58 Å². The number of amides is 1. The molecule has 1 aliphatic heterocycles. The van der Waals surface area contributed by atoms with Crippen LogP contribution in [0.4, 0.5) is 0 Å². The van der Waals surface area contributed by atoms with Gasteiger partial charge in [-0.1, -0.05) is 34.1 Å². The van der Waals surface area contributed by atoms with Crippen molar-refractivity contribution in [3.8, 4) is 0 Å². The van der Waals surface area contributed by atoms with Gasteiger partial charge in [0.1, 0.15) is 5.56 Å². The number of piperazine rings is 1. The molecule has 10 heteroatoms. The first-order valence-electron chi connectivity index (χ1n) is 9.05. The summed E-state index contributed by atoms with van der Waals surface area (Å²) < 4.78 is 33.6. The molecule has 0 N–H and O–H groups in total. The molecule has 156 valence electrons. The van der Waals surface area contributed by atoms with Crippen LogP contribution in [0.2, 0.25) is 0 Å². The quantitative estimate of drug-likeness (QED) is 0.462. The van der Waals surface area contributed by atoms with E-state index < -0.39 is 21.6 Å². The van der Waals surface area contributed by atoms with E-state index in [1.54, 1.807) is 42.5 Å². The zero-order valence-corrected chi connectivity index (χ0v) is 19.5. The van der Waals surface area contributed by atoms with Crippen LogP contribution in [0.15, 0.2) is 71.6 Å². The molecular formula is C20H16Br2N2O5S. The summed E-state index contributed by atoms with van der Waals surface area (Å²) in [6.45, 7) is 0.674. The monoisotopic (exact) mass is 554 g/mol. The largest absolute Gasteiger partial charge is 0.421 e. The first kappa shape index (κ1) is 21.2. The van der Waals surface area contributed by atoms with Gasteiger partial charge < -0.3 is 9.32 Å². The van der Waals surface area contributed by atoms with Gasteiger partial charge in [0.2, 0.25) is 10.0 Å². The summed E-state index contributed by atoms with van der Waals surface area (Å²) in [6.07, 6.45) is 0. The Balaban J connectivity index is 1.55. The first-order chi connectivity index (χ1) is 14.3. The van der Waals surface area contributed by atoms with Crippen molar-refractivity contribution in [2.24, 2.45) is 0 Å². The molecule has 0 bridgehead atoms. The second-order valence-electron chi connectivity index (χ2n) is 6.76. The van der Waals surface area contributed by atoms with Crippen molar-refractivity contribution in [1.82, 2.24) is 9.21 Å². The minimum atomic E-state index is -3.62. The van der Waals surface area contributed by atoms with E-state index in [1.165, 1.54) is 15.3 Å². The van der Waals surface area contributed by atoms with Crippen LogP contribution in [-0.4, -0.2) is 49.7 Å². The number of carbonyl (C=O) groups excluding carboxylic acids is 1. The highest BCUT2D eigenvalue weighted by atomic mass is 79.9. The maximum Gasteiger partial charge on any atom is 0.349 e. The summed E-state index contributed by atoms with van der Waals surface area (Å²) in [4.78, 5) is 27.0. The minimum Gasteiger partial charge on any atom is -0.421 e. The van der Waals surface area contributed by atoms with Gasteiger partial charge in [-0.05, 0) is 46.3 Å². The number of sulfonamides is 1. The van der Waals surface area contributed by atoms with Crippen LogP contribution in [0.5, 0.6) is 0 Å². The van der Waals surface area contributed by atoms with Gasteiger partial charge in [-0.3, -0.25) is 4.79 Å². The maximum atomic E-state index is 12.9. The molecule has 7 nitrogen and oxygen atoms in total. The summed E-state index contributed by atoms with van der Waals surface area (Å²) in [7, 11) is -3.62. The van der Waals surface area contributed by atoms with Crippen LogP contribution < -0.4 is 5.63 Å².